The fraction of sp³-hybridized carbons (Fsp3) is 0.231. The second-order valence-corrected chi connectivity index (χ2v) is 3.79. The van der Waals surface area contributed by atoms with Crippen LogP contribution in [0.3, 0.4) is 0 Å². The van der Waals surface area contributed by atoms with Crippen molar-refractivity contribution in [1.82, 2.24) is 0 Å². The molecule has 0 bridgehead atoms. The van der Waals surface area contributed by atoms with Gasteiger partial charge in [-0.05, 0) is 37.6 Å². The number of carbonyl (C=O) groups excluding carboxylic acids is 2. The molecule has 4 heteroatoms. The van der Waals surface area contributed by atoms with Gasteiger partial charge in [-0.15, -0.1) is 0 Å². The molecule has 0 aliphatic heterocycles. The standard InChI is InChI=1S/C13H13ClO3/c1-3-17-13(16)7-5-10-4-6-12(14)11(8-10)9(2)15/h4-8H,3H2,1-2H3. The second kappa shape index (κ2) is 6.21. The van der Waals surface area contributed by atoms with Gasteiger partial charge in [0, 0.05) is 11.6 Å². The van der Waals surface area contributed by atoms with Crippen LogP contribution in [0.4, 0.5) is 0 Å². The minimum absolute atomic E-state index is 0.110. The maximum atomic E-state index is 11.3. The summed E-state index contributed by atoms with van der Waals surface area (Å²) >= 11 is 5.87. The van der Waals surface area contributed by atoms with Crippen LogP contribution in [-0.2, 0) is 9.53 Å². The van der Waals surface area contributed by atoms with Gasteiger partial charge in [0.25, 0.3) is 0 Å². The summed E-state index contributed by atoms with van der Waals surface area (Å²) in [5.74, 6) is -0.520. The van der Waals surface area contributed by atoms with Crippen molar-refractivity contribution in [3.8, 4) is 0 Å². The average molecular weight is 253 g/mol. The van der Waals surface area contributed by atoms with E-state index in [0.717, 1.165) is 5.56 Å². The molecule has 0 heterocycles. The van der Waals surface area contributed by atoms with E-state index in [1.165, 1.54) is 13.0 Å². The molecule has 1 aromatic carbocycles. The molecular weight excluding hydrogens is 240 g/mol. The molecule has 0 unspecified atom stereocenters. The molecule has 1 rings (SSSR count). The Kier molecular flexibility index (Phi) is 4.91. The third-order valence-corrected chi connectivity index (χ3v) is 2.40. The van der Waals surface area contributed by atoms with Gasteiger partial charge in [-0.1, -0.05) is 17.7 Å². The molecular formula is C13H13ClO3. The molecule has 0 N–H and O–H groups in total. The first-order valence-corrected chi connectivity index (χ1v) is 5.57. The number of hydrogen-bond donors (Lipinski definition) is 0. The van der Waals surface area contributed by atoms with E-state index >= 15 is 0 Å². The summed E-state index contributed by atoms with van der Waals surface area (Å²) in [6.07, 6.45) is 2.90. The van der Waals surface area contributed by atoms with Crippen LogP contribution in [0, 0.1) is 0 Å². The molecule has 0 radical (unpaired) electrons. The summed E-state index contributed by atoms with van der Waals surface area (Å²) in [5, 5.41) is 0.408. The van der Waals surface area contributed by atoms with Crippen LogP contribution >= 0.6 is 11.6 Å². The van der Waals surface area contributed by atoms with Crippen molar-refractivity contribution in [2.75, 3.05) is 6.61 Å². The van der Waals surface area contributed by atoms with Crippen molar-refractivity contribution in [3.63, 3.8) is 0 Å². The number of hydrogen-bond acceptors (Lipinski definition) is 3. The zero-order valence-electron chi connectivity index (χ0n) is 9.70. The number of rotatable bonds is 4. The molecule has 1 aromatic rings. The fourth-order valence-electron chi connectivity index (χ4n) is 1.27. The Balaban J connectivity index is 2.89. The number of carbonyl (C=O) groups is 2. The first-order chi connectivity index (χ1) is 8.04. The van der Waals surface area contributed by atoms with Crippen LogP contribution in [0.25, 0.3) is 6.08 Å². The van der Waals surface area contributed by atoms with Gasteiger partial charge in [0.15, 0.2) is 5.78 Å². The van der Waals surface area contributed by atoms with Crippen molar-refractivity contribution >= 4 is 29.4 Å². The van der Waals surface area contributed by atoms with Gasteiger partial charge >= 0.3 is 5.97 Å². The molecule has 0 atom stereocenters. The van der Waals surface area contributed by atoms with E-state index in [0.29, 0.717) is 17.2 Å². The first-order valence-electron chi connectivity index (χ1n) is 5.20. The third-order valence-electron chi connectivity index (χ3n) is 2.07. The summed E-state index contributed by atoms with van der Waals surface area (Å²) < 4.78 is 4.75. The van der Waals surface area contributed by atoms with Gasteiger partial charge in [-0.3, -0.25) is 4.79 Å². The predicted molar refractivity (Wildman–Crippen MR) is 67.1 cm³/mol. The molecule has 3 nitrogen and oxygen atoms in total. The maximum Gasteiger partial charge on any atom is 0.330 e. The molecule has 17 heavy (non-hydrogen) atoms. The Morgan fingerprint density at radius 2 is 2.12 bits per heavy atom. The van der Waals surface area contributed by atoms with Crippen LogP contribution in [0.1, 0.15) is 29.8 Å². The van der Waals surface area contributed by atoms with Gasteiger partial charge in [0.05, 0.1) is 11.6 Å². The lowest BCUT2D eigenvalue weighted by molar-refractivity contribution is -0.137. The highest BCUT2D eigenvalue weighted by molar-refractivity contribution is 6.33. The van der Waals surface area contributed by atoms with Gasteiger partial charge < -0.3 is 4.74 Å². The monoisotopic (exact) mass is 252 g/mol. The van der Waals surface area contributed by atoms with Crippen molar-refractivity contribution in [2.45, 2.75) is 13.8 Å². The second-order valence-electron chi connectivity index (χ2n) is 3.38. The molecule has 0 aromatic heterocycles. The van der Waals surface area contributed by atoms with Crippen molar-refractivity contribution < 1.29 is 14.3 Å². The van der Waals surface area contributed by atoms with Gasteiger partial charge in [-0.2, -0.15) is 0 Å². The number of halogens is 1. The molecule has 0 aliphatic carbocycles. The molecule has 0 aliphatic rings. The summed E-state index contributed by atoms with van der Waals surface area (Å²) in [5.41, 5.74) is 1.17. The van der Waals surface area contributed by atoms with E-state index in [1.54, 1.807) is 31.2 Å². The topological polar surface area (TPSA) is 43.4 Å². The zero-order valence-corrected chi connectivity index (χ0v) is 10.5. The van der Waals surface area contributed by atoms with E-state index < -0.39 is 5.97 Å². The van der Waals surface area contributed by atoms with Crippen LogP contribution in [0.2, 0.25) is 5.02 Å². The maximum absolute atomic E-state index is 11.3. The van der Waals surface area contributed by atoms with Crippen LogP contribution < -0.4 is 0 Å². The summed E-state index contributed by atoms with van der Waals surface area (Å²) in [7, 11) is 0. The Hall–Kier alpha value is -1.61. The van der Waals surface area contributed by atoms with Crippen LogP contribution in [-0.4, -0.2) is 18.4 Å². The van der Waals surface area contributed by atoms with Gasteiger partial charge in [-0.25, -0.2) is 4.79 Å². The van der Waals surface area contributed by atoms with E-state index in [4.69, 9.17) is 16.3 Å². The molecule has 90 valence electrons. The van der Waals surface area contributed by atoms with Crippen LogP contribution in [0.15, 0.2) is 24.3 Å². The molecule has 0 saturated carbocycles. The Morgan fingerprint density at radius 3 is 2.71 bits per heavy atom. The first kappa shape index (κ1) is 13.5. The minimum atomic E-state index is -0.410. The quantitative estimate of drug-likeness (QED) is 0.470. The lowest BCUT2D eigenvalue weighted by Gasteiger charge is -2.01. The summed E-state index contributed by atoms with van der Waals surface area (Å²) in [6, 6.07) is 4.99. The SMILES string of the molecule is CCOC(=O)C=Cc1ccc(Cl)c(C(C)=O)c1. The Bertz CT molecular complexity index is 464. The lowest BCUT2D eigenvalue weighted by atomic mass is 10.1. The minimum Gasteiger partial charge on any atom is -0.463 e. The van der Waals surface area contributed by atoms with Gasteiger partial charge in [0.2, 0.25) is 0 Å². The molecule has 0 saturated heterocycles. The van der Waals surface area contributed by atoms with E-state index in [1.807, 2.05) is 0 Å². The smallest absolute Gasteiger partial charge is 0.330 e. The number of ether oxygens (including phenoxy) is 1. The number of Topliss-reactive ketones (excluding diaryl/α,β-unsaturated/α-hetero) is 1. The number of ketones is 1. The predicted octanol–water partition coefficient (Wildman–Crippen LogP) is 3.12. The van der Waals surface area contributed by atoms with Crippen molar-refractivity contribution in [1.29, 1.82) is 0 Å². The largest absolute Gasteiger partial charge is 0.463 e. The number of benzene rings is 1. The lowest BCUT2D eigenvalue weighted by Crippen LogP contribution is -1.99. The zero-order chi connectivity index (χ0) is 12.8. The van der Waals surface area contributed by atoms with Gasteiger partial charge in [0.1, 0.15) is 0 Å². The fourth-order valence-corrected chi connectivity index (χ4v) is 1.52. The van der Waals surface area contributed by atoms with Crippen molar-refractivity contribution in [2.24, 2.45) is 0 Å². The highest BCUT2D eigenvalue weighted by atomic mass is 35.5. The number of esters is 1. The van der Waals surface area contributed by atoms with E-state index in [-0.39, 0.29) is 5.78 Å². The normalized spacial score (nSPS) is 10.5. The van der Waals surface area contributed by atoms with Crippen molar-refractivity contribution in [3.05, 3.63) is 40.4 Å². The highest BCUT2D eigenvalue weighted by Gasteiger charge is 2.05. The highest BCUT2D eigenvalue weighted by Crippen LogP contribution is 2.18. The van der Waals surface area contributed by atoms with E-state index in [2.05, 4.69) is 0 Å². The Labute approximate surface area is 105 Å². The molecule has 0 spiro atoms. The van der Waals surface area contributed by atoms with Crippen LogP contribution in [0.5, 0.6) is 0 Å². The molecule has 0 fully saturated rings. The summed E-state index contributed by atoms with van der Waals surface area (Å²) in [4.78, 5) is 22.4. The molecule has 0 amide bonds. The Morgan fingerprint density at radius 1 is 1.41 bits per heavy atom. The summed E-state index contributed by atoms with van der Waals surface area (Å²) in [6.45, 7) is 3.52. The average Bonchev–Trinajstić information content (AvgIpc) is 2.28. The third kappa shape index (κ3) is 4.04. The van der Waals surface area contributed by atoms with E-state index in [9.17, 15) is 9.59 Å².